The summed E-state index contributed by atoms with van der Waals surface area (Å²) in [4.78, 5) is 0.362. The van der Waals surface area contributed by atoms with Crippen LogP contribution in [0.4, 0.5) is 13.2 Å². The van der Waals surface area contributed by atoms with E-state index < -0.39 is 11.7 Å². The van der Waals surface area contributed by atoms with E-state index in [1.165, 1.54) is 6.07 Å². The average molecular weight is 337 g/mol. The van der Waals surface area contributed by atoms with Crippen molar-refractivity contribution in [3.63, 3.8) is 0 Å². The van der Waals surface area contributed by atoms with E-state index in [0.717, 1.165) is 25.0 Å². The second-order valence-electron chi connectivity index (χ2n) is 5.19. The number of alkyl halides is 4. The van der Waals surface area contributed by atoms with Crippen LogP contribution in [-0.2, 0) is 6.18 Å². The fraction of sp³-hybridized carbons (Fsp3) is 0.571. The summed E-state index contributed by atoms with van der Waals surface area (Å²) in [6.07, 6.45) is -2.62. The third kappa shape index (κ3) is 2.76. The summed E-state index contributed by atoms with van der Waals surface area (Å²) in [7, 11) is 0. The van der Waals surface area contributed by atoms with E-state index in [2.05, 4.69) is 29.8 Å². The van der Waals surface area contributed by atoms with Crippen molar-refractivity contribution >= 4 is 15.9 Å². The summed E-state index contributed by atoms with van der Waals surface area (Å²) >= 11 is 3.58. The molecule has 0 N–H and O–H groups in total. The summed E-state index contributed by atoms with van der Waals surface area (Å²) in [6, 6.07) is 5.08. The van der Waals surface area contributed by atoms with E-state index >= 15 is 0 Å². The Morgan fingerprint density at radius 3 is 2.63 bits per heavy atom. The quantitative estimate of drug-likeness (QED) is 0.703. The highest BCUT2D eigenvalue weighted by molar-refractivity contribution is 9.09. The lowest BCUT2D eigenvalue weighted by molar-refractivity contribution is -0.137. The molecule has 2 rings (SSSR count). The summed E-state index contributed by atoms with van der Waals surface area (Å²) in [5.41, 5.74) is -0.688. The van der Waals surface area contributed by atoms with Crippen LogP contribution in [0.1, 0.15) is 32.3 Å². The van der Waals surface area contributed by atoms with Crippen LogP contribution in [0.15, 0.2) is 24.3 Å². The zero-order chi connectivity index (χ0) is 14.3. The van der Waals surface area contributed by atoms with Crippen molar-refractivity contribution < 1.29 is 17.9 Å². The Bertz CT molecular complexity index is 460. The topological polar surface area (TPSA) is 9.23 Å². The van der Waals surface area contributed by atoms with Gasteiger partial charge in [0.15, 0.2) is 0 Å². The van der Waals surface area contributed by atoms with E-state index in [1.807, 2.05) is 0 Å². The molecule has 0 heterocycles. The van der Waals surface area contributed by atoms with Crippen molar-refractivity contribution in [2.45, 2.75) is 43.8 Å². The molecule has 106 valence electrons. The summed E-state index contributed by atoms with van der Waals surface area (Å²) in [5, 5.41) is 0. The summed E-state index contributed by atoms with van der Waals surface area (Å²) in [6.45, 7) is 4.16. The predicted molar refractivity (Wildman–Crippen MR) is 71.6 cm³/mol. The van der Waals surface area contributed by atoms with E-state index in [9.17, 15) is 13.2 Å². The average Bonchev–Trinajstić information content (AvgIpc) is 2.36. The first-order valence-corrected chi connectivity index (χ1v) is 7.17. The molecule has 0 radical (unpaired) electrons. The highest BCUT2D eigenvalue weighted by atomic mass is 79.9. The van der Waals surface area contributed by atoms with Crippen LogP contribution in [0, 0.1) is 5.41 Å². The van der Waals surface area contributed by atoms with Gasteiger partial charge in [0.1, 0.15) is 11.9 Å². The first-order valence-electron chi connectivity index (χ1n) is 6.25. The number of hydrogen-bond donors (Lipinski definition) is 0. The minimum absolute atomic E-state index is 0.0196. The molecular formula is C14H16BrF3O. The van der Waals surface area contributed by atoms with Crippen LogP contribution >= 0.6 is 15.9 Å². The summed E-state index contributed by atoms with van der Waals surface area (Å²) in [5.74, 6) is 0.291. The largest absolute Gasteiger partial charge is 0.490 e. The van der Waals surface area contributed by atoms with Gasteiger partial charge in [-0.05, 0) is 31.0 Å². The molecule has 3 unspecified atom stereocenters. The highest BCUT2D eigenvalue weighted by Crippen LogP contribution is 2.50. The molecule has 1 aromatic carbocycles. The maximum atomic E-state index is 12.6. The van der Waals surface area contributed by atoms with Gasteiger partial charge in [0, 0.05) is 10.2 Å². The Hall–Kier alpha value is -0.710. The molecule has 1 saturated carbocycles. The van der Waals surface area contributed by atoms with Crippen LogP contribution in [0.5, 0.6) is 5.75 Å². The van der Waals surface area contributed by atoms with Gasteiger partial charge in [-0.25, -0.2) is 0 Å². The Morgan fingerprint density at radius 1 is 1.42 bits per heavy atom. The smallest absolute Gasteiger partial charge is 0.416 e. The van der Waals surface area contributed by atoms with E-state index in [-0.39, 0.29) is 11.5 Å². The molecule has 3 atom stereocenters. The molecule has 1 aromatic rings. The van der Waals surface area contributed by atoms with Crippen LogP contribution in [0.3, 0.4) is 0 Å². The van der Waals surface area contributed by atoms with Crippen LogP contribution in [-0.4, -0.2) is 10.9 Å². The first kappa shape index (κ1) is 14.7. The SMILES string of the molecule is CCC1(C)C(Br)CC1Oc1cccc(C(F)(F)F)c1. The number of hydrogen-bond acceptors (Lipinski definition) is 1. The molecule has 19 heavy (non-hydrogen) atoms. The standard InChI is InChI=1S/C14H16BrF3O/c1-3-13(2)11(15)8-12(13)19-10-6-4-5-9(7-10)14(16,17)18/h4-7,11-12H,3,8H2,1-2H3. The number of halogens is 4. The molecule has 1 nitrogen and oxygen atoms in total. The molecule has 0 aliphatic heterocycles. The van der Waals surface area contributed by atoms with Crippen molar-refractivity contribution in [3.05, 3.63) is 29.8 Å². The van der Waals surface area contributed by atoms with Crippen LogP contribution < -0.4 is 4.74 Å². The van der Waals surface area contributed by atoms with Crippen molar-refractivity contribution in [1.82, 2.24) is 0 Å². The van der Waals surface area contributed by atoms with Crippen molar-refractivity contribution in [1.29, 1.82) is 0 Å². The molecule has 0 saturated heterocycles. The van der Waals surface area contributed by atoms with Gasteiger partial charge in [-0.3, -0.25) is 0 Å². The Balaban J connectivity index is 2.13. The minimum atomic E-state index is -4.33. The second kappa shape index (κ2) is 5.00. The maximum Gasteiger partial charge on any atom is 0.416 e. The van der Waals surface area contributed by atoms with E-state index in [0.29, 0.717) is 10.6 Å². The lowest BCUT2D eigenvalue weighted by Crippen LogP contribution is -2.54. The van der Waals surface area contributed by atoms with Gasteiger partial charge >= 0.3 is 6.18 Å². The zero-order valence-corrected chi connectivity index (χ0v) is 12.4. The lowest BCUT2D eigenvalue weighted by atomic mass is 9.65. The van der Waals surface area contributed by atoms with Crippen molar-refractivity contribution in [2.75, 3.05) is 0 Å². The predicted octanol–water partition coefficient (Wildman–Crippen LogP) is 5.04. The van der Waals surface area contributed by atoms with E-state index in [1.54, 1.807) is 6.07 Å². The van der Waals surface area contributed by atoms with Crippen molar-refractivity contribution in [3.8, 4) is 5.75 Å². The monoisotopic (exact) mass is 336 g/mol. The number of rotatable bonds is 3. The van der Waals surface area contributed by atoms with Gasteiger partial charge in [-0.2, -0.15) is 13.2 Å². The zero-order valence-electron chi connectivity index (χ0n) is 10.8. The first-order chi connectivity index (χ1) is 8.77. The van der Waals surface area contributed by atoms with Gasteiger partial charge < -0.3 is 4.74 Å². The third-order valence-electron chi connectivity index (χ3n) is 4.07. The third-order valence-corrected chi connectivity index (χ3v) is 5.49. The number of ether oxygens (including phenoxy) is 1. The molecule has 0 bridgehead atoms. The molecular weight excluding hydrogens is 321 g/mol. The lowest BCUT2D eigenvalue weighted by Gasteiger charge is -2.50. The Labute approximate surface area is 119 Å². The van der Waals surface area contributed by atoms with Gasteiger partial charge in [0.25, 0.3) is 0 Å². The molecule has 0 spiro atoms. The van der Waals surface area contributed by atoms with Gasteiger partial charge in [-0.15, -0.1) is 0 Å². The fourth-order valence-corrected chi connectivity index (χ4v) is 3.27. The van der Waals surface area contributed by atoms with Crippen molar-refractivity contribution in [2.24, 2.45) is 5.41 Å². The molecule has 0 aromatic heterocycles. The van der Waals surface area contributed by atoms with Gasteiger partial charge in [-0.1, -0.05) is 35.8 Å². The normalized spacial score (nSPS) is 30.8. The van der Waals surface area contributed by atoms with Crippen LogP contribution in [0.2, 0.25) is 0 Å². The fourth-order valence-electron chi connectivity index (χ4n) is 2.31. The Morgan fingerprint density at radius 2 is 2.11 bits per heavy atom. The minimum Gasteiger partial charge on any atom is -0.490 e. The highest BCUT2D eigenvalue weighted by Gasteiger charge is 2.50. The van der Waals surface area contributed by atoms with Gasteiger partial charge in [0.05, 0.1) is 5.56 Å². The Kier molecular flexibility index (Phi) is 3.87. The molecule has 5 heteroatoms. The molecule has 1 fully saturated rings. The number of benzene rings is 1. The molecule has 1 aliphatic rings. The van der Waals surface area contributed by atoms with Gasteiger partial charge in [0.2, 0.25) is 0 Å². The van der Waals surface area contributed by atoms with E-state index in [4.69, 9.17) is 4.74 Å². The van der Waals surface area contributed by atoms with Crippen LogP contribution in [0.25, 0.3) is 0 Å². The summed E-state index contributed by atoms with van der Waals surface area (Å²) < 4.78 is 43.6. The molecule has 0 amide bonds. The maximum absolute atomic E-state index is 12.6. The molecule has 1 aliphatic carbocycles. The second-order valence-corrected chi connectivity index (χ2v) is 6.30.